The van der Waals surface area contributed by atoms with E-state index in [1.165, 1.54) is 0 Å². The smallest absolute Gasteiger partial charge is 0.212 e. The molecule has 2 heterocycles. The van der Waals surface area contributed by atoms with Crippen LogP contribution < -0.4 is 10.0 Å². The van der Waals surface area contributed by atoms with Gasteiger partial charge in [-0.25, -0.2) is 13.1 Å². The van der Waals surface area contributed by atoms with Gasteiger partial charge in [0.25, 0.3) is 0 Å². The molecule has 4 nitrogen and oxygen atoms in total. The Morgan fingerprint density at radius 1 is 1.47 bits per heavy atom. The van der Waals surface area contributed by atoms with Crippen molar-refractivity contribution in [1.29, 1.82) is 0 Å². The lowest BCUT2D eigenvalue weighted by molar-refractivity contribution is 0.399. The minimum Gasteiger partial charge on any atom is -0.317 e. The zero-order valence-electron chi connectivity index (χ0n) is 11.3. The van der Waals surface area contributed by atoms with Crippen molar-refractivity contribution in [3.05, 3.63) is 22.4 Å². The molecule has 2 rings (SSSR count). The SMILES string of the molecule is CCC(NS(=O)(=O)CC1CCNCC1)c1cccs1. The van der Waals surface area contributed by atoms with Crippen LogP contribution in [0.4, 0.5) is 0 Å². The van der Waals surface area contributed by atoms with Crippen LogP contribution in [-0.4, -0.2) is 27.3 Å². The highest BCUT2D eigenvalue weighted by Gasteiger charge is 2.24. The number of rotatable bonds is 6. The van der Waals surface area contributed by atoms with Gasteiger partial charge in [0.15, 0.2) is 0 Å². The van der Waals surface area contributed by atoms with Crippen LogP contribution in [0.5, 0.6) is 0 Å². The second kappa shape index (κ2) is 6.83. The largest absolute Gasteiger partial charge is 0.317 e. The molecule has 1 saturated heterocycles. The van der Waals surface area contributed by atoms with Gasteiger partial charge in [0.2, 0.25) is 10.0 Å². The molecule has 1 aliphatic heterocycles. The highest BCUT2D eigenvalue weighted by Crippen LogP contribution is 2.23. The molecule has 0 saturated carbocycles. The van der Waals surface area contributed by atoms with Gasteiger partial charge in [-0.2, -0.15) is 0 Å². The molecule has 0 bridgehead atoms. The molecule has 1 fully saturated rings. The molecule has 0 aliphatic carbocycles. The Hall–Kier alpha value is -0.430. The van der Waals surface area contributed by atoms with Crippen molar-refractivity contribution in [2.45, 2.75) is 32.2 Å². The molecule has 1 atom stereocenters. The van der Waals surface area contributed by atoms with Crippen LogP contribution >= 0.6 is 11.3 Å². The first kappa shape index (κ1) is 15.0. The first-order valence-electron chi connectivity index (χ1n) is 6.85. The van der Waals surface area contributed by atoms with Crippen LogP contribution in [0.25, 0.3) is 0 Å². The zero-order valence-corrected chi connectivity index (χ0v) is 12.9. The summed E-state index contributed by atoms with van der Waals surface area (Å²) in [6.45, 7) is 3.88. The van der Waals surface area contributed by atoms with Gasteiger partial charge in [-0.3, -0.25) is 0 Å². The number of hydrogen-bond acceptors (Lipinski definition) is 4. The molecule has 0 spiro atoms. The van der Waals surface area contributed by atoms with Crippen molar-refractivity contribution in [3.63, 3.8) is 0 Å². The summed E-state index contributed by atoms with van der Waals surface area (Å²) in [6, 6.07) is 3.88. The second-order valence-corrected chi connectivity index (χ2v) is 7.85. The van der Waals surface area contributed by atoms with Gasteiger partial charge in [-0.15, -0.1) is 11.3 Å². The standard InChI is InChI=1S/C13H22N2O2S2/c1-2-12(13-4-3-9-18-13)15-19(16,17)10-11-5-7-14-8-6-11/h3-4,9,11-12,14-15H,2,5-8,10H2,1H3. The van der Waals surface area contributed by atoms with Gasteiger partial charge in [0.1, 0.15) is 0 Å². The fourth-order valence-electron chi connectivity index (χ4n) is 2.46. The normalized spacial score (nSPS) is 19.4. The van der Waals surface area contributed by atoms with Crippen LogP contribution in [0.1, 0.15) is 37.1 Å². The summed E-state index contributed by atoms with van der Waals surface area (Å²) in [6.07, 6.45) is 2.69. The third-order valence-corrected chi connectivity index (χ3v) is 6.07. The molecular weight excluding hydrogens is 280 g/mol. The van der Waals surface area contributed by atoms with Crippen molar-refractivity contribution < 1.29 is 8.42 Å². The summed E-state index contributed by atoms with van der Waals surface area (Å²) in [7, 11) is -3.19. The van der Waals surface area contributed by atoms with Gasteiger partial charge >= 0.3 is 0 Å². The van der Waals surface area contributed by atoms with E-state index in [2.05, 4.69) is 10.0 Å². The zero-order chi connectivity index (χ0) is 13.7. The van der Waals surface area contributed by atoms with E-state index >= 15 is 0 Å². The molecule has 1 aromatic heterocycles. The van der Waals surface area contributed by atoms with Gasteiger partial charge in [-0.05, 0) is 49.7 Å². The molecule has 6 heteroatoms. The van der Waals surface area contributed by atoms with E-state index < -0.39 is 10.0 Å². The quantitative estimate of drug-likeness (QED) is 0.846. The molecule has 0 radical (unpaired) electrons. The Balaban J connectivity index is 1.95. The third-order valence-electron chi connectivity index (χ3n) is 3.53. The molecule has 0 aromatic carbocycles. The molecule has 2 N–H and O–H groups in total. The van der Waals surface area contributed by atoms with E-state index in [0.717, 1.165) is 37.2 Å². The lowest BCUT2D eigenvalue weighted by Gasteiger charge is -2.24. The van der Waals surface area contributed by atoms with Crippen LogP contribution in [0, 0.1) is 5.92 Å². The van der Waals surface area contributed by atoms with E-state index in [1.807, 2.05) is 24.4 Å². The number of sulfonamides is 1. The van der Waals surface area contributed by atoms with Gasteiger partial charge < -0.3 is 5.32 Å². The second-order valence-electron chi connectivity index (χ2n) is 5.07. The lowest BCUT2D eigenvalue weighted by Crippen LogP contribution is -2.36. The fraction of sp³-hybridized carbons (Fsp3) is 0.692. The maximum Gasteiger partial charge on any atom is 0.212 e. The summed E-state index contributed by atoms with van der Waals surface area (Å²) in [5.41, 5.74) is 0. The van der Waals surface area contributed by atoms with Crippen molar-refractivity contribution in [1.82, 2.24) is 10.0 Å². The predicted octanol–water partition coefficient (Wildman–Crippen LogP) is 2.12. The average Bonchev–Trinajstić information content (AvgIpc) is 2.90. The minimum atomic E-state index is -3.19. The van der Waals surface area contributed by atoms with E-state index in [1.54, 1.807) is 11.3 Å². The Kier molecular flexibility index (Phi) is 5.38. The Morgan fingerprint density at radius 3 is 2.79 bits per heavy atom. The fourth-order valence-corrected chi connectivity index (χ4v) is 5.17. The summed E-state index contributed by atoms with van der Waals surface area (Å²) in [5.74, 6) is 0.552. The maximum absolute atomic E-state index is 12.2. The Morgan fingerprint density at radius 2 is 2.21 bits per heavy atom. The van der Waals surface area contributed by atoms with Crippen LogP contribution in [0.15, 0.2) is 17.5 Å². The van der Waals surface area contributed by atoms with Gasteiger partial charge in [0, 0.05) is 4.88 Å². The molecule has 19 heavy (non-hydrogen) atoms. The number of hydrogen-bond donors (Lipinski definition) is 2. The average molecular weight is 302 g/mol. The van der Waals surface area contributed by atoms with Crippen molar-refractivity contribution >= 4 is 21.4 Å². The summed E-state index contributed by atoms with van der Waals surface area (Å²) in [5, 5.41) is 5.25. The molecule has 0 amide bonds. The minimum absolute atomic E-state index is 0.0771. The van der Waals surface area contributed by atoms with E-state index in [9.17, 15) is 8.42 Å². The Bertz CT molecular complexity index is 465. The highest BCUT2D eigenvalue weighted by molar-refractivity contribution is 7.89. The van der Waals surface area contributed by atoms with E-state index in [4.69, 9.17) is 0 Å². The predicted molar refractivity (Wildman–Crippen MR) is 79.9 cm³/mol. The van der Waals surface area contributed by atoms with E-state index in [-0.39, 0.29) is 11.8 Å². The summed E-state index contributed by atoms with van der Waals surface area (Å²) in [4.78, 5) is 1.09. The molecule has 1 aliphatic rings. The summed E-state index contributed by atoms with van der Waals surface area (Å²) >= 11 is 1.61. The third kappa shape index (κ3) is 4.56. The highest BCUT2D eigenvalue weighted by atomic mass is 32.2. The Labute approximate surface area is 119 Å². The molecule has 108 valence electrons. The molecule has 1 aromatic rings. The van der Waals surface area contributed by atoms with Crippen LogP contribution in [-0.2, 0) is 10.0 Å². The van der Waals surface area contributed by atoms with Crippen LogP contribution in [0.2, 0.25) is 0 Å². The molecule has 1 unspecified atom stereocenters. The number of piperidine rings is 1. The monoisotopic (exact) mass is 302 g/mol. The number of nitrogens with one attached hydrogen (secondary N) is 2. The van der Waals surface area contributed by atoms with Crippen molar-refractivity contribution in [2.24, 2.45) is 5.92 Å². The van der Waals surface area contributed by atoms with Crippen molar-refractivity contribution in [2.75, 3.05) is 18.8 Å². The first-order chi connectivity index (χ1) is 9.11. The molecular formula is C13H22N2O2S2. The first-order valence-corrected chi connectivity index (χ1v) is 9.38. The van der Waals surface area contributed by atoms with Crippen LogP contribution in [0.3, 0.4) is 0 Å². The van der Waals surface area contributed by atoms with E-state index in [0.29, 0.717) is 5.92 Å². The summed E-state index contributed by atoms with van der Waals surface area (Å²) < 4.78 is 27.3. The lowest BCUT2D eigenvalue weighted by atomic mass is 10.0. The van der Waals surface area contributed by atoms with Gasteiger partial charge in [0.05, 0.1) is 11.8 Å². The maximum atomic E-state index is 12.2. The number of thiophene rings is 1. The van der Waals surface area contributed by atoms with Crippen molar-refractivity contribution in [3.8, 4) is 0 Å². The van der Waals surface area contributed by atoms with Gasteiger partial charge in [-0.1, -0.05) is 13.0 Å². The topological polar surface area (TPSA) is 58.2 Å².